The third-order valence-corrected chi connectivity index (χ3v) is 1.49. The van der Waals surface area contributed by atoms with E-state index in [1.54, 1.807) is 7.11 Å². The Hall–Kier alpha value is -0.0800. The molecule has 0 unspecified atom stereocenters. The van der Waals surface area contributed by atoms with Crippen molar-refractivity contribution in [1.29, 1.82) is 0 Å². The smallest absolute Gasteiger partial charge is 0.0474 e. The summed E-state index contributed by atoms with van der Waals surface area (Å²) in [7, 11) is 3.90. The van der Waals surface area contributed by atoms with Crippen molar-refractivity contribution in [1.82, 2.24) is 4.90 Å². The van der Waals surface area contributed by atoms with Crippen LogP contribution in [0, 0.1) is 0 Å². The SMILES string of the molecule is CCCN(C)CCCOC. The van der Waals surface area contributed by atoms with Gasteiger partial charge in [-0.05, 0) is 26.4 Å². The van der Waals surface area contributed by atoms with Crippen LogP contribution >= 0.6 is 0 Å². The summed E-state index contributed by atoms with van der Waals surface area (Å²) in [6.45, 7) is 5.44. The fourth-order valence-electron chi connectivity index (χ4n) is 0.972. The van der Waals surface area contributed by atoms with Gasteiger partial charge >= 0.3 is 0 Å². The molecule has 0 aliphatic heterocycles. The summed E-state index contributed by atoms with van der Waals surface area (Å²) in [5, 5.41) is 0. The first-order valence-electron chi connectivity index (χ1n) is 3.98. The van der Waals surface area contributed by atoms with Gasteiger partial charge in [0.1, 0.15) is 0 Å². The summed E-state index contributed by atoms with van der Waals surface area (Å²) in [5.74, 6) is 0. The minimum atomic E-state index is 0.883. The van der Waals surface area contributed by atoms with Gasteiger partial charge in [-0.3, -0.25) is 0 Å². The molecular formula is C8H19NO. The average molecular weight is 145 g/mol. The van der Waals surface area contributed by atoms with E-state index in [1.165, 1.54) is 13.0 Å². The van der Waals surface area contributed by atoms with Gasteiger partial charge < -0.3 is 9.64 Å². The Labute approximate surface area is 64.2 Å². The molecule has 0 heterocycles. The zero-order valence-electron chi connectivity index (χ0n) is 7.39. The highest BCUT2D eigenvalue weighted by Crippen LogP contribution is 1.89. The van der Waals surface area contributed by atoms with Crippen molar-refractivity contribution in [3.8, 4) is 0 Å². The number of hydrogen-bond donors (Lipinski definition) is 0. The molecule has 0 spiro atoms. The summed E-state index contributed by atoms with van der Waals surface area (Å²) in [6, 6.07) is 0. The second-order valence-corrected chi connectivity index (χ2v) is 2.65. The fraction of sp³-hybridized carbons (Fsp3) is 1.00. The molecule has 2 nitrogen and oxygen atoms in total. The van der Waals surface area contributed by atoms with Crippen LogP contribution in [0.15, 0.2) is 0 Å². The molecule has 0 saturated carbocycles. The molecule has 0 N–H and O–H groups in total. The lowest BCUT2D eigenvalue weighted by atomic mass is 10.4. The number of methoxy groups -OCH3 is 1. The summed E-state index contributed by atoms with van der Waals surface area (Å²) in [5.41, 5.74) is 0. The van der Waals surface area contributed by atoms with Gasteiger partial charge in [-0.15, -0.1) is 0 Å². The Morgan fingerprint density at radius 1 is 1.30 bits per heavy atom. The third kappa shape index (κ3) is 6.05. The van der Waals surface area contributed by atoms with E-state index in [1.807, 2.05) is 0 Å². The molecule has 0 aromatic heterocycles. The lowest BCUT2D eigenvalue weighted by Crippen LogP contribution is -2.21. The Balaban J connectivity index is 2.97. The minimum absolute atomic E-state index is 0.883. The minimum Gasteiger partial charge on any atom is -0.385 e. The molecule has 0 rings (SSSR count). The van der Waals surface area contributed by atoms with Crippen molar-refractivity contribution in [3.05, 3.63) is 0 Å². The second kappa shape index (κ2) is 7.03. The predicted octanol–water partition coefficient (Wildman–Crippen LogP) is 1.36. The molecule has 2 heteroatoms. The molecular weight excluding hydrogens is 126 g/mol. The number of nitrogens with zero attached hydrogens (tertiary/aromatic N) is 1. The monoisotopic (exact) mass is 145 g/mol. The van der Waals surface area contributed by atoms with Gasteiger partial charge in [-0.1, -0.05) is 6.92 Å². The highest BCUT2D eigenvalue weighted by Gasteiger charge is 1.93. The molecule has 0 aromatic carbocycles. The molecule has 0 atom stereocenters. The summed E-state index contributed by atoms with van der Waals surface area (Å²) < 4.78 is 4.94. The largest absolute Gasteiger partial charge is 0.385 e. The van der Waals surface area contributed by atoms with E-state index in [0.29, 0.717) is 0 Å². The van der Waals surface area contributed by atoms with Crippen LogP contribution in [0.4, 0.5) is 0 Å². The van der Waals surface area contributed by atoms with Crippen LogP contribution in [0.1, 0.15) is 19.8 Å². The van der Waals surface area contributed by atoms with Crippen LogP contribution in [-0.4, -0.2) is 38.8 Å². The van der Waals surface area contributed by atoms with E-state index in [0.717, 1.165) is 19.6 Å². The van der Waals surface area contributed by atoms with Crippen molar-refractivity contribution in [3.63, 3.8) is 0 Å². The summed E-state index contributed by atoms with van der Waals surface area (Å²) in [4.78, 5) is 2.33. The van der Waals surface area contributed by atoms with Crippen molar-refractivity contribution in [2.75, 3.05) is 33.9 Å². The van der Waals surface area contributed by atoms with E-state index in [2.05, 4.69) is 18.9 Å². The van der Waals surface area contributed by atoms with Gasteiger partial charge in [0.25, 0.3) is 0 Å². The first kappa shape index (κ1) is 9.92. The molecule has 0 aliphatic rings. The quantitative estimate of drug-likeness (QED) is 0.523. The van der Waals surface area contributed by atoms with Gasteiger partial charge in [0.2, 0.25) is 0 Å². The molecule has 62 valence electrons. The maximum atomic E-state index is 4.94. The number of ether oxygens (including phenoxy) is 1. The standard InChI is InChI=1S/C8H19NO/c1-4-6-9(2)7-5-8-10-3/h4-8H2,1-3H3. The fourth-order valence-corrected chi connectivity index (χ4v) is 0.972. The topological polar surface area (TPSA) is 12.5 Å². The lowest BCUT2D eigenvalue weighted by Gasteiger charge is -2.14. The Morgan fingerprint density at radius 2 is 2.00 bits per heavy atom. The first-order chi connectivity index (χ1) is 4.81. The van der Waals surface area contributed by atoms with Crippen molar-refractivity contribution in [2.45, 2.75) is 19.8 Å². The Kier molecular flexibility index (Phi) is 6.98. The zero-order chi connectivity index (χ0) is 7.82. The van der Waals surface area contributed by atoms with Crippen LogP contribution in [0.3, 0.4) is 0 Å². The van der Waals surface area contributed by atoms with Gasteiger partial charge in [0.05, 0.1) is 0 Å². The van der Waals surface area contributed by atoms with E-state index >= 15 is 0 Å². The molecule has 0 fully saturated rings. The zero-order valence-corrected chi connectivity index (χ0v) is 7.39. The molecule has 0 bridgehead atoms. The number of hydrogen-bond acceptors (Lipinski definition) is 2. The Bertz CT molecular complexity index is 66.3. The normalized spacial score (nSPS) is 10.8. The van der Waals surface area contributed by atoms with Crippen molar-refractivity contribution in [2.24, 2.45) is 0 Å². The van der Waals surface area contributed by atoms with Crippen molar-refractivity contribution < 1.29 is 4.74 Å². The van der Waals surface area contributed by atoms with E-state index in [9.17, 15) is 0 Å². The van der Waals surface area contributed by atoms with Gasteiger partial charge in [0, 0.05) is 20.3 Å². The first-order valence-corrected chi connectivity index (χ1v) is 3.98. The predicted molar refractivity (Wildman–Crippen MR) is 44.3 cm³/mol. The van der Waals surface area contributed by atoms with Crippen molar-refractivity contribution >= 4 is 0 Å². The van der Waals surface area contributed by atoms with Crippen LogP contribution in [0.2, 0.25) is 0 Å². The summed E-state index contributed by atoms with van der Waals surface area (Å²) in [6.07, 6.45) is 2.39. The third-order valence-electron chi connectivity index (χ3n) is 1.49. The molecule has 0 amide bonds. The average Bonchev–Trinajstić information content (AvgIpc) is 1.89. The van der Waals surface area contributed by atoms with E-state index in [4.69, 9.17) is 4.74 Å². The highest BCUT2D eigenvalue weighted by molar-refractivity contribution is 4.48. The van der Waals surface area contributed by atoms with E-state index in [-0.39, 0.29) is 0 Å². The number of rotatable bonds is 6. The Morgan fingerprint density at radius 3 is 2.50 bits per heavy atom. The molecule has 10 heavy (non-hydrogen) atoms. The molecule has 0 saturated heterocycles. The van der Waals surface area contributed by atoms with Gasteiger partial charge in [-0.25, -0.2) is 0 Å². The van der Waals surface area contributed by atoms with Crippen LogP contribution in [0.5, 0.6) is 0 Å². The van der Waals surface area contributed by atoms with Gasteiger partial charge in [0.15, 0.2) is 0 Å². The van der Waals surface area contributed by atoms with Crippen LogP contribution < -0.4 is 0 Å². The second-order valence-electron chi connectivity index (χ2n) is 2.65. The molecule has 0 aliphatic carbocycles. The highest BCUT2D eigenvalue weighted by atomic mass is 16.5. The van der Waals surface area contributed by atoms with Crippen LogP contribution in [-0.2, 0) is 4.74 Å². The van der Waals surface area contributed by atoms with E-state index < -0.39 is 0 Å². The van der Waals surface area contributed by atoms with Gasteiger partial charge in [-0.2, -0.15) is 0 Å². The maximum Gasteiger partial charge on any atom is 0.0474 e. The molecule has 0 aromatic rings. The summed E-state index contributed by atoms with van der Waals surface area (Å²) >= 11 is 0. The lowest BCUT2D eigenvalue weighted by molar-refractivity contribution is 0.179. The van der Waals surface area contributed by atoms with Crippen LogP contribution in [0.25, 0.3) is 0 Å². The maximum absolute atomic E-state index is 4.94. The molecule has 0 radical (unpaired) electrons.